The quantitative estimate of drug-likeness (QED) is 0.714. The maximum atomic E-state index is 11.3. The number of hydrogen-bond acceptors (Lipinski definition) is 4. The van der Waals surface area contributed by atoms with Gasteiger partial charge in [-0.3, -0.25) is 0 Å². The highest BCUT2D eigenvalue weighted by Gasteiger charge is 2.13. The second-order valence-electron chi connectivity index (χ2n) is 4.88. The predicted molar refractivity (Wildman–Crippen MR) is 87.8 cm³/mol. The lowest BCUT2D eigenvalue weighted by atomic mass is 10.2. The molecule has 2 heterocycles. The maximum Gasteiger partial charge on any atom is 0.337 e. The van der Waals surface area contributed by atoms with Gasteiger partial charge in [0.15, 0.2) is 5.82 Å². The number of aryl methyl sites for hydroxylation is 1. The molecule has 0 aliphatic heterocycles. The van der Waals surface area contributed by atoms with Crippen LogP contribution in [0.2, 0.25) is 5.15 Å². The van der Waals surface area contributed by atoms with Gasteiger partial charge in [-0.25, -0.2) is 9.78 Å². The molecule has 1 aromatic carbocycles. The topological polar surface area (TPSA) is 80.0 Å². The predicted octanol–water partition coefficient (Wildman–Crippen LogP) is 3.67. The maximum absolute atomic E-state index is 11.3. The Labute approximate surface area is 137 Å². The number of nitrogens with one attached hydrogen (secondary N) is 1. The highest BCUT2D eigenvalue weighted by atomic mass is 35.5. The van der Waals surface area contributed by atoms with Gasteiger partial charge in [-0.2, -0.15) is 9.78 Å². The summed E-state index contributed by atoms with van der Waals surface area (Å²) < 4.78 is 1.58. The summed E-state index contributed by atoms with van der Waals surface area (Å²) in [7, 11) is 0. The Morgan fingerprint density at radius 1 is 1.22 bits per heavy atom. The normalized spacial score (nSPS) is 10.5. The van der Waals surface area contributed by atoms with E-state index in [0.717, 1.165) is 5.69 Å². The van der Waals surface area contributed by atoms with Crippen LogP contribution in [0.3, 0.4) is 0 Å². The van der Waals surface area contributed by atoms with Gasteiger partial charge in [0.2, 0.25) is 0 Å². The lowest BCUT2D eigenvalue weighted by Crippen LogP contribution is -2.07. The molecule has 7 heteroatoms. The Morgan fingerprint density at radius 3 is 2.74 bits per heavy atom. The molecule has 6 nitrogen and oxygen atoms in total. The van der Waals surface area contributed by atoms with Gasteiger partial charge in [-0.1, -0.05) is 29.8 Å². The fourth-order valence-corrected chi connectivity index (χ4v) is 2.35. The zero-order valence-electron chi connectivity index (χ0n) is 12.2. The van der Waals surface area contributed by atoms with E-state index < -0.39 is 5.97 Å². The van der Waals surface area contributed by atoms with Gasteiger partial charge in [-0.05, 0) is 31.2 Å². The molecule has 0 fully saturated rings. The smallest absolute Gasteiger partial charge is 0.337 e. The molecule has 0 radical (unpaired) electrons. The fourth-order valence-electron chi connectivity index (χ4n) is 2.20. The third-order valence-corrected chi connectivity index (χ3v) is 3.38. The number of carboxylic acids is 1. The van der Waals surface area contributed by atoms with Crippen LogP contribution < -0.4 is 5.32 Å². The first-order valence-corrected chi connectivity index (χ1v) is 7.21. The molecular formula is C16H13ClN4O2. The molecule has 0 bridgehead atoms. The first-order valence-electron chi connectivity index (χ1n) is 6.83. The second kappa shape index (κ2) is 6.10. The van der Waals surface area contributed by atoms with Crippen LogP contribution in [0, 0.1) is 6.92 Å². The van der Waals surface area contributed by atoms with Gasteiger partial charge in [0.05, 0.1) is 16.9 Å². The molecule has 2 N–H and O–H groups in total. The van der Waals surface area contributed by atoms with Crippen molar-refractivity contribution in [2.24, 2.45) is 0 Å². The Morgan fingerprint density at radius 2 is 2.00 bits per heavy atom. The Bertz CT molecular complexity index is 876. The summed E-state index contributed by atoms with van der Waals surface area (Å²) in [4.78, 5) is 15.6. The van der Waals surface area contributed by atoms with Crippen molar-refractivity contribution in [3.63, 3.8) is 0 Å². The molecule has 0 unspecified atom stereocenters. The van der Waals surface area contributed by atoms with Gasteiger partial charge in [0.25, 0.3) is 0 Å². The van der Waals surface area contributed by atoms with Crippen LogP contribution in [0.1, 0.15) is 16.1 Å². The Balaban J connectivity index is 2.04. The van der Waals surface area contributed by atoms with Crippen molar-refractivity contribution >= 4 is 29.1 Å². The van der Waals surface area contributed by atoms with E-state index in [9.17, 15) is 9.90 Å². The fraction of sp³-hybridized carbons (Fsp3) is 0.0625. The van der Waals surface area contributed by atoms with Crippen molar-refractivity contribution in [2.75, 3.05) is 5.32 Å². The van der Waals surface area contributed by atoms with Crippen LogP contribution in [0.4, 0.5) is 11.5 Å². The van der Waals surface area contributed by atoms with Gasteiger partial charge in [0.1, 0.15) is 11.0 Å². The number of aromatic nitrogens is 3. The minimum atomic E-state index is -1.00. The van der Waals surface area contributed by atoms with Crippen LogP contribution in [-0.2, 0) is 0 Å². The number of halogens is 1. The average molecular weight is 329 g/mol. The van der Waals surface area contributed by atoms with Crippen molar-refractivity contribution in [1.82, 2.24) is 14.8 Å². The van der Waals surface area contributed by atoms with Crippen molar-refractivity contribution in [2.45, 2.75) is 6.92 Å². The molecule has 3 aromatic rings. The Hall–Kier alpha value is -2.86. The van der Waals surface area contributed by atoms with E-state index >= 15 is 0 Å². The van der Waals surface area contributed by atoms with Crippen LogP contribution in [0.25, 0.3) is 5.82 Å². The Kier molecular flexibility index (Phi) is 3.99. The zero-order chi connectivity index (χ0) is 16.4. The molecule has 0 saturated heterocycles. The molecule has 0 saturated carbocycles. The zero-order valence-corrected chi connectivity index (χ0v) is 12.9. The summed E-state index contributed by atoms with van der Waals surface area (Å²) in [5.74, 6) is 0.142. The summed E-state index contributed by atoms with van der Waals surface area (Å²) in [6, 6.07) is 13.7. The lowest BCUT2D eigenvalue weighted by Gasteiger charge is -2.11. The first-order chi connectivity index (χ1) is 11.0. The average Bonchev–Trinajstić information content (AvgIpc) is 2.88. The van der Waals surface area contributed by atoms with E-state index in [0.29, 0.717) is 22.5 Å². The number of hydrogen-bond donors (Lipinski definition) is 2. The van der Waals surface area contributed by atoms with Gasteiger partial charge in [0, 0.05) is 6.07 Å². The summed E-state index contributed by atoms with van der Waals surface area (Å²) in [5.41, 5.74) is 1.42. The van der Waals surface area contributed by atoms with Crippen LogP contribution in [0.5, 0.6) is 0 Å². The van der Waals surface area contributed by atoms with Crippen molar-refractivity contribution in [3.8, 4) is 5.82 Å². The molecule has 0 amide bonds. The van der Waals surface area contributed by atoms with Crippen LogP contribution in [0.15, 0.2) is 48.5 Å². The summed E-state index contributed by atoms with van der Waals surface area (Å²) in [6.07, 6.45) is 0. The number of para-hydroxylation sites is 1. The highest BCUT2D eigenvalue weighted by molar-refractivity contribution is 6.29. The van der Waals surface area contributed by atoms with Crippen molar-refractivity contribution < 1.29 is 9.90 Å². The molecule has 3 rings (SSSR count). The largest absolute Gasteiger partial charge is 0.478 e. The number of benzene rings is 1. The SMILES string of the molecule is Cc1cc(Nc2ccccc2C(=O)O)n(-c2cccc(Cl)n2)n1. The number of anilines is 2. The first kappa shape index (κ1) is 15.1. The molecule has 0 aliphatic rings. The van der Waals surface area contributed by atoms with E-state index in [-0.39, 0.29) is 5.56 Å². The third-order valence-electron chi connectivity index (χ3n) is 3.17. The number of rotatable bonds is 4. The van der Waals surface area contributed by atoms with Crippen LogP contribution in [-0.4, -0.2) is 25.8 Å². The van der Waals surface area contributed by atoms with Gasteiger partial charge < -0.3 is 10.4 Å². The van der Waals surface area contributed by atoms with Crippen molar-refractivity contribution in [1.29, 1.82) is 0 Å². The monoisotopic (exact) mass is 328 g/mol. The molecule has 0 aliphatic carbocycles. The molecule has 23 heavy (non-hydrogen) atoms. The number of carbonyl (C=O) groups is 1. The second-order valence-corrected chi connectivity index (χ2v) is 5.26. The van der Waals surface area contributed by atoms with E-state index in [2.05, 4.69) is 15.4 Å². The summed E-state index contributed by atoms with van der Waals surface area (Å²) in [5, 5.41) is 17.1. The highest BCUT2D eigenvalue weighted by Crippen LogP contribution is 2.24. The minimum Gasteiger partial charge on any atom is -0.478 e. The van der Waals surface area contributed by atoms with Gasteiger partial charge >= 0.3 is 5.97 Å². The molecule has 2 aromatic heterocycles. The molecule has 116 valence electrons. The minimum absolute atomic E-state index is 0.178. The number of pyridine rings is 1. The lowest BCUT2D eigenvalue weighted by molar-refractivity contribution is 0.0698. The molecular weight excluding hydrogens is 316 g/mol. The summed E-state index contributed by atoms with van der Waals surface area (Å²) in [6.45, 7) is 1.84. The number of carboxylic acid groups (broad SMARTS) is 1. The standard InChI is InChI=1S/C16H13ClN4O2/c1-10-9-15(18-12-6-3-2-5-11(12)16(22)23)21(20-10)14-8-4-7-13(17)19-14/h2-9,18H,1H3,(H,22,23). The van der Waals surface area contributed by atoms with Crippen LogP contribution >= 0.6 is 11.6 Å². The van der Waals surface area contributed by atoms with E-state index in [1.807, 2.05) is 6.92 Å². The summed E-state index contributed by atoms with van der Waals surface area (Å²) >= 11 is 5.93. The van der Waals surface area contributed by atoms with E-state index in [1.54, 1.807) is 47.1 Å². The van der Waals surface area contributed by atoms with Gasteiger partial charge in [-0.15, -0.1) is 0 Å². The third kappa shape index (κ3) is 3.17. The van der Waals surface area contributed by atoms with E-state index in [4.69, 9.17) is 11.6 Å². The van der Waals surface area contributed by atoms with Crippen molar-refractivity contribution in [3.05, 3.63) is 64.9 Å². The van der Waals surface area contributed by atoms with E-state index in [1.165, 1.54) is 6.07 Å². The number of aromatic carboxylic acids is 1. The number of nitrogens with zero attached hydrogens (tertiary/aromatic N) is 3. The molecule has 0 atom stereocenters. The molecule has 0 spiro atoms.